The number of rotatable bonds is 6. The maximum absolute atomic E-state index is 2.82. The van der Waals surface area contributed by atoms with Crippen molar-refractivity contribution >= 4 is 16.1 Å². The molecule has 2 aliphatic heterocycles. The van der Waals surface area contributed by atoms with Crippen molar-refractivity contribution in [1.82, 2.24) is 0 Å². The van der Waals surface area contributed by atoms with Gasteiger partial charge in [0.15, 0.2) is 0 Å². The normalized spacial score (nSPS) is 34.4. The summed E-state index contributed by atoms with van der Waals surface area (Å²) in [6.07, 6.45) is 21.9. The van der Waals surface area contributed by atoms with Crippen LogP contribution in [0.4, 0.5) is 0 Å². The fraction of sp³-hybridized carbons (Fsp3) is 0.636. The molecule has 2 fully saturated rings. The van der Waals surface area contributed by atoms with Gasteiger partial charge in [-0.15, -0.1) is 0 Å². The maximum atomic E-state index is 2.82. The fourth-order valence-electron chi connectivity index (χ4n) is 5.17. The maximum Gasteiger partial charge on any atom is -1.00 e. The predicted molar refractivity (Wildman–Crippen MR) is 112 cm³/mol. The Hall–Kier alpha value is 0.844. The first kappa shape index (κ1) is 24.1. The van der Waals surface area contributed by atoms with Gasteiger partial charge in [0.05, 0.1) is 0 Å². The van der Waals surface area contributed by atoms with Gasteiger partial charge in [0.2, 0.25) is 0 Å². The van der Waals surface area contributed by atoms with Crippen molar-refractivity contribution in [3.8, 4) is 0 Å². The Balaban J connectivity index is 0.00000131. The molecule has 0 aromatic rings. The SMILES string of the molecule is CC[C]1([Hf+2][C]2(CC)C=CC([Si]3(C)CCC3)=C2)C=CC([Si]2(C)CCC2)=C1.[Cl-].[Cl-]. The van der Waals surface area contributed by atoms with Crippen LogP contribution >= 0.6 is 0 Å². The van der Waals surface area contributed by atoms with E-state index in [4.69, 9.17) is 0 Å². The van der Waals surface area contributed by atoms with Gasteiger partial charge < -0.3 is 24.8 Å². The molecule has 27 heavy (non-hydrogen) atoms. The van der Waals surface area contributed by atoms with Crippen LogP contribution in [-0.2, 0) is 22.9 Å². The molecular formula is C22H34Cl2HfSi2. The zero-order valence-electron chi connectivity index (χ0n) is 17.4. The Bertz CT molecular complexity index is 630. The van der Waals surface area contributed by atoms with Crippen LogP contribution in [0, 0.1) is 0 Å². The summed E-state index contributed by atoms with van der Waals surface area (Å²) in [6.45, 7) is 10.2. The summed E-state index contributed by atoms with van der Waals surface area (Å²) in [5.41, 5.74) is 0. The second-order valence-electron chi connectivity index (χ2n) is 9.61. The van der Waals surface area contributed by atoms with E-state index in [0.717, 1.165) is 0 Å². The van der Waals surface area contributed by atoms with Gasteiger partial charge >= 0.3 is 169 Å². The van der Waals surface area contributed by atoms with E-state index in [1.54, 1.807) is 24.2 Å². The quantitative estimate of drug-likeness (QED) is 0.401. The largest absolute Gasteiger partial charge is 1.00 e. The van der Waals surface area contributed by atoms with Gasteiger partial charge in [-0.05, 0) is 0 Å². The van der Waals surface area contributed by atoms with Crippen molar-refractivity contribution in [2.24, 2.45) is 0 Å². The molecule has 0 nitrogen and oxygen atoms in total. The summed E-state index contributed by atoms with van der Waals surface area (Å²) in [7, 11) is -2.04. The van der Waals surface area contributed by atoms with Gasteiger partial charge in [0.25, 0.3) is 0 Å². The summed E-state index contributed by atoms with van der Waals surface area (Å²) >= 11 is -0.907. The summed E-state index contributed by atoms with van der Waals surface area (Å²) in [5, 5.41) is 3.65. The van der Waals surface area contributed by atoms with Crippen LogP contribution in [0.1, 0.15) is 39.5 Å². The predicted octanol–water partition coefficient (Wildman–Crippen LogP) is 1.25. The molecule has 0 aromatic carbocycles. The van der Waals surface area contributed by atoms with E-state index >= 15 is 0 Å². The molecule has 0 amide bonds. The second-order valence-corrected chi connectivity index (χ2v) is 26.6. The Kier molecular flexibility index (Phi) is 7.62. The first-order valence-corrected chi connectivity index (χ1v) is 19.9. The van der Waals surface area contributed by atoms with E-state index in [1.165, 1.54) is 25.7 Å². The van der Waals surface area contributed by atoms with Crippen molar-refractivity contribution in [2.45, 2.75) is 83.1 Å². The molecular weight excluding hydrogens is 570 g/mol. The molecule has 0 radical (unpaired) electrons. The molecule has 2 saturated heterocycles. The minimum Gasteiger partial charge on any atom is -1.00 e. The van der Waals surface area contributed by atoms with Crippen molar-refractivity contribution in [3.63, 3.8) is 0 Å². The van der Waals surface area contributed by atoms with Gasteiger partial charge in [-0.3, -0.25) is 0 Å². The molecule has 0 N–H and O–H groups in total. The molecule has 2 heterocycles. The van der Waals surface area contributed by atoms with Gasteiger partial charge in [-0.25, -0.2) is 0 Å². The van der Waals surface area contributed by atoms with Gasteiger partial charge in [-0.1, -0.05) is 0 Å². The van der Waals surface area contributed by atoms with Gasteiger partial charge in [-0.2, -0.15) is 0 Å². The molecule has 0 spiro atoms. The zero-order chi connectivity index (χ0) is 17.8. The Labute approximate surface area is 192 Å². The minimum atomic E-state index is -1.02. The van der Waals surface area contributed by atoms with Crippen LogP contribution in [0.15, 0.2) is 46.8 Å². The molecule has 4 rings (SSSR count). The van der Waals surface area contributed by atoms with E-state index in [9.17, 15) is 0 Å². The molecule has 0 bridgehead atoms. The Morgan fingerprint density at radius 3 is 1.41 bits per heavy atom. The van der Waals surface area contributed by atoms with Crippen molar-refractivity contribution in [2.75, 3.05) is 0 Å². The second kappa shape index (κ2) is 8.53. The van der Waals surface area contributed by atoms with Crippen LogP contribution in [0.3, 0.4) is 0 Å². The molecule has 2 unspecified atom stereocenters. The molecule has 5 heteroatoms. The van der Waals surface area contributed by atoms with Crippen LogP contribution in [-0.4, -0.2) is 16.1 Å². The van der Waals surface area contributed by atoms with E-state index in [1.807, 2.05) is 10.4 Å². The smallest absolute Gasteiger partial charge is 1.00 e. The first-order valence-electron chi connectivity index (χ1n) is 10.5. The number of hydrogen-bond acceptors (Lipinski definition) is 0. The average Bonchev–Trinajstić information content (AvgIpc) is 3.17. The molecule has 0 saturated carbocycles. The monoisotopic (exact) mass is 604 g/mol. The van der Waals surface area contributed by atoms with E-state index in [-0.39, 0.29) is 24.8 Å². The fourth-order valence-corrected chi connectivity index (χ4v) is 19.6. The van der Waals surface area contributed by atoms with Crippen molar-refractivity contribution in [3.05, 3.63) is 46.8 Å². The zero-order valence-corrected chi connectivity index (χ0v) is 24.5. The van der Waals surface area contributed by atoms with Gasteiger partial charge in [0, 0.05) is 0 Å². The summed E-state index contributed by atoms with van der Waals surface area (Å²) < 4.78 is 1.02. The molecule has 4 aliphatic rings. The Morgan fingerprint density at radius 2 is 1.15 bits per heavy atom. The Morgan fingerprint density at radius 1 is 0.778 bits per heavy atom. The average molecular weight is 604 g/mol. The summed E-state index contributed by atoms with van der Waals surface area (Å²) in [5.74, 6) is 0. The standard InChI is InChI=1S/2C11H17Si.2ClH.Hf/c2*1-3-10-5-6-11(9-10)12(2)7-4-8-12;;;/h2*5-6,9H,3-4,7-8H2,1-2H3;2*1H;/q;;;;+2/p-2. The number of hydrogen-bond donors (Lipinski definition) is 0. The molecule has 0 aromatic heterocycles. The summed E-state index contributed by atoms with van der Waals surface area (Å²) in [4.78, 5) is 0. The van der Waals surface area contributed by atoms with Crippen LogP contribution in [0.25, 0.3) is 0 Å². The molecule has 2 atom stereocenters. The third-order valence-corrected chi connectivity index (χ3v) is 25.2. The number of halogens is 2. The number of allylic oxidation sites excluding steroid dienone is 8. The van der Waals surface area contributed by atoms with Crippen molar-refractivity contribution < 1.29 is 47.7 Å². The summed E-state index contributed by atoms with van der Waals surface area (Å²) in [6, 6.07) is 6.18. The third-order valence-electron chi connectivity index (χ3n) is 7.89. The van der Waals surface area contributed by atoms with Crippen LogP contribution < -0.4 is 24.8 Å². The minimum absolute atomic E-state index is 0. The van der Waals surface area contributed by atoms with Crippen LogP contribution in [0.5, 0.6) is 0 Å². The molecule has 2 aliphatic carbocycles. The van der Waals surface area contributed by atoms with E-state index < -0.39 is 39.1 Å². The van der Waals surface area contributed by atoms with E-state index in [0.29, 0.717) is 6.34 Å². The van der Waals surface area contributed by atoms with E-state index in [2.05, 4.69) is 63.4 Å². The first-order chi connectivity index (χ1) is 11.9. The van der Waals surface area contributed by atoms with Gasteiger partial charge in [0.1, 0.15) is 0 Å². The topological polar surface area (TPSA) is 0 Å². The van der Waals surface area contributed by atoms with Crippen molar-refractivity contribution in [1.29, 1.82) is 0 Å². The van der Waals surface area contributed by atoms with Crippen LogP contribution in [0.2, 0.25) is 43.6 Å². The molecule has 148 valence electrons. The third kappa shape index (κ3) is 4.20.